The highest BCUT2D eigenvalue weighted by Gasteiger charge is 2.10. The van der Waals surface area contributed by atoms with Crippen LogP contribution in [0.25, 0.3) is 11.5 Å². The van der Waals surface area contributed by atoms with E-state index in [0.29, 0.717) is 24.8 Å². The van der Waals surface area contributed by atoms with Gasteiger partial charge in [0.1, 0.15) is 0 Å². The lowest BCUT2D eigenvalue weighted by Gasteiger charge is -2.12. The van der Waals surface area contributed by atoms with Crippen molar-refractivity contribution in [1.29, 1.82) is 0 Å². The van der Waals surface area contributed by atoms with Crippen LogP contribution in [0.4, 0.5) is 0 Å². The molecule has 0 aliphatic heterocycles. The average molecular weight is 260 g/mol. The molecule has 2 N–H and O–H groups in total. The third kappa shape index (κ3) is 3.87. The SMILES string of the molecule is Cc1ccc(-c2nc(CN(C)CCCN)no2)cc1. The van der Waals surface area contributed by atoms with Gasteiger partial charge in [0.15, 0.2) is 5.82 Å². The van der Waals surface area contributed by atoms with Crippen LogP contribution in [0.1, 0.15) is 17.8 Å². The average Bonchev–Trinajstić information content (AvgIpc) is 2.85. The molecule has 0 fully saturated rings. The molecule has 0 bridgehead atoms. The summed E-state index contributed by atoms with van der Waals surface area (Å²) in [7, 11) is 2.03. The molecule has 0 saturated heterocycles. The van der Waals surface area contributed by atoms with Crippen molar-refractivity contribution in [1.82, 2.24) is 15.0 Å². The molecular weight excluding hydrogens is 240 g/mol. The summed E-state index contributed by atoms with van der Waals surface area (Å²) in [5.41, 5.74) is 7.65. The molecule has 102 valence electrons. The minimum atomic E-state index is 0.572. The third-order valence-corrected chi connectivity index (χ3v) is 2.92. The molecule has 1 aromatic heterocycles. The minimum absolute atomic E-state index is 0.572. The Kier molecular flexibility index (Phi) is 4.65. The van der Waals surface area contributed by atoms with Gasteiger partial charge in [-0.2, -0.15) is 4.98 Å². The maximum atomic E-state index is 5.49. The fourth-order valence-corrected chi connectivity index (χ4v) is 1.81. The Morgan fingerprint density at radius 2 is 2.00 bits per heavy atom. The lowest BCUT2D eigenvalue weighted by molar-refractivity contribution is 0.307. The largest absolute Gasteiger partial charge is 0.334 e. The van der Waals surface area contributed by atoms with Crippen molar-refractivity contribution in [3.8, 4) is 11.5 Å². The fraction of sp³-hybridized carbons (Fsp3) is 0.429. The maximum Gasteiger partial charge on any atom is 0.257 e. The second-order valence-corrected chi connectivity index (χ2v) is 4.76. The second-order valence-electron chi connectivity index (χ2n) is 4.76. The molecule has 0 spiro atoms. The normalized spacial score (nSPS) is 11.2. The Morgan fingerprint density at radius 1 is 1.26 bits per heavy atom. The van der Waals surface area contributed by atoms with Gasteiger partial charge >= 0.3 is 0 Å². The van der Waals surface area contributed by atoms with Gasteiger partial charge in [-0.25, -0.2) is 0 Å². The molecule has 0 radical (unpaired) electrons. The van der Waals surface area contributed by atoms with Gasteiger partial charge in [0.2, 0.25) is 0 Å². The first-order chi connectivity index (χ1) is 9.19. The Labute approximate surface area is 113 Å². The zero-order chi connectivity index (χ0) is 13.7. The highest BCUT2D eigenvalue weighted by molar-refractivity contribution is 5.53. The van der Waals surface area contributed by atoms with Crippen LogP contribution < -0.4 is 5.73 Å². The number of nitrogens with zero attached hydrogens (tertiary/aromatic N) is 3. The van der Waals surface area contributed by atoms with Gasteiger partial charge in [0.05, 0.1) is 6.54 Å². The van der Waals surface area contributed by atoms with Crippen LogP contribution >= 0.6 is 0 Å². The van der Waals surface area contributed by atoms with Crippen LogP contribution in [0, 0.1) is 6.92 Å². The Balaban J connectivity index is 2.00. The van der Waals surface area contributed by atoms with E-state index in [9.17, 15) is 0 Å². The number of hydrogen-bond acceptors (Lipinski definition) is 5. The molecule has 5 heteroatoms. The van der Waals surface area contributed by atoms with Crippen LogP contribution in [-0.4, -0.2) is 35.2 Å². The van der Waals surface area contributed by atoms with Crippen LogP contribution in [-0.2, 0) is 6.54 Å². The van der Waals surface area contributed by atoms with E-state index in [4.69, 9.17) is 10.3 Å². The van der Waals surface area contributed by atoms with Gasteiger partial charge in [0.25, 0.3) is 5.89 Å². The van der Waals surface area contributed by atoms with Crippen molar-refractivity contribution in [3.63, 3.8) is 0 Å². The Morgan fingerprint density at radius 3 is 2.68 bits per heavy atom. The highest BCUT2D eigenvalue weighted by atomic mass is 16.5. The summed E-state index contributed by atoms with van der Waals surface area (Å²) in [4.78, 5) is 6.54. The first-order valence-corrected chi connectivity index (χ1v) is 6.47. The van der Waals surface area contributed by atoms with Gasteiger partial charge in [-0.3, -0.25) is 4.90 Å². The zero-order valence-corrected chi connectivity index (χ0v) is 11.5. The molecule has 0 aliphatic rings. The van der Waals surface area contributed by atoms with Crippen molar-refractivity contribution in [2.24, 2.45) is 5.73 Å². The number of rotatable bonds is 6. The molecule has 0 amide bonds. The number of nitrogens with two attached hydrogens (primary N) is 1. The monoisotopic (exact) mass is 260 g/mol. The van der Waals surface area contributed by atoms with Crippen LogP contribution in [0.15, 0.2) is 28.8 Å². The van der Waals surface area contributed by atoms with E-state index in [1.807, 2.05) is 31.3 Å². The molecule has 0 unspecified atom stereocenters. The predicted molar refractivity (Wildman–Crippen MR) is 74.5 cm³/mol. The van der Waals surface area contributed by atoms with Crippen LogP contribution in [0.3, 0.4) is 0 Å². The van der Waals surface area contributed by atoms with Crippen molar-refractivity contribution < 1.29 is 4.52 Å². The van der Waals surface area contributed by atoms with E-state index >= 15 is 0 Å². The molecular formula is C14H20N4O. The van der Waals surface area contributed by atoms with E-state index in [0.717, 1.165) is 18.5 Å². The first-order valence-electron chi connectivity index (χ1n) is 6.47. The lowest BCUT2D eigenvalue weighted by Crippen LogP contribution is -2.21. The molecule has 19 heavy (non-hydrogen) atoms. The lowest BCUT2D eigenvalue weighted by atomic mass is 10.1. The number of aryl methyl sites for hydroxylation is 1. The van der Waals surface area contributed by atoms with Crippen LogP contribution in [0.5, 0.6) is 0 Å². The van der Waals surface area contributed by atoms with Crippen molar-refractivity contribution in [2.75, 3.05) is 20.1 Å². The summed E-state index contributed by atoms with van der Waals surface area (Å²) in [6.07, 6.45) is 0.971. The summed E-state index contributed by atoms with van der Waals surface area (Å²) in [5.74, 6) is 1.28. The molecule has 0 atom stereocenters. The Bertz CT molecular complexity index is 506. The summed E-state index contributed by atoms with van der Waals surface area (Å²) in [5, 5.41) is 4.00. The topological polar surface area (TPSA) is 68.2 Å². The number of aromatic nitrogens is 2. The quantitative estimate of drug-likeness (QED) is 0.858. The van der Waals surface area contributed by atoms with E-state index in [1.54, 1.807) is 0 Å². The zero-order valence-electron chi connectivity index (χ0n) is 11.5. The summed E-state index contributed by atoms with van der Waals surface area (Å²) in [6.45, 7) is 4.36. The molecule has 2 aromatic rings. The molecule has 1 heterocycles. The molecule has 0 saturated carbocycles. The van der Waals surface area contributed by atoms with Crippen LogP contribution in [0.2, 0.25) is 0 Å². The standard InChI is InChI=1S/C14H20N4O/c1-11-4-6-12(7-5-11)14-16-13(17-19-14)10-18(2)9-3-8-15/h4-7H,3,8-10,15H2,1-2H3. The van der Waals surface area contributed by atoms with E-state index in [-0.39, 0.29) is 0 Å². The van der Waals surface area contributed by atoms with Gasteiger partial charge < -0.3 is 10.3 Å². The highest BCUT2D eigenvalue weighted by Crippen LogP contribution is 2.17. The van der Waals surface area contributed by atoms with Crippen molar-refractivity contribution >= 4 is 0 Å². The summed E-state index contributed by atoms with van der Waals surface area (Å²) in [6, 6.07) is 8.05. The van der Waals surface area contributed by atoms with E-state index < -0.39 is 0 Å². The van der Waals surface area contributed by atoms with Crippen molar-refractivity contribution in [3.05, 3.63) is 35.7 Å². The first kappa shape index (κ1) is 13.7. The molecule has 2 rings (SSSR count). The molecule has 1 aromatic carbocycles. The third-order valence-electron chi connectivity index (χ3n) is 2.92. The predicted octanol–water partition coefficient (Wildman–Crippen LogP) is 1.83. The summed E-state index contributed by atoms with van der Waals surface area (Å²) >= 11 is 0. The maximum absolute atomic E-state index is 5.49. The van der Waals surface area contributed by atoms with E-state index in [2.05, 4.69) is 22.0 Å². The van der Waals surface area contributed by atoms with Gasteiger partial charge in [-0.15, -0.1) is 0 Å². The number of benzene rings is 1. The molecule has 0 aliphatic carbocycles. The second kappa shape index (κ2) is 6.45. The Hall–Kier alpha value is -1.72. The van der Waals surface area contributed by atoms with Gasteiger partial charge in [-0.1, -0.05) is 22.9 Å². The number of hydrogen-bond donors (Lipinski definition) is 1. The fourth-order valence-electron chi connectivity index (χ4n) is 1.81. The van der Waals surface area contributed by atoms with Crippen molar-refractivity contribution in [2.45, 2.75) is 19.9 Å². The van der Waals surface area contributed by atoms with Gasteiger partial charge in [0, 0.05) is 5.56 Å². The smallest absolute Gasteiger partial charge is 0.257 e. The molecule has 5 nitrogen and oxygen atoms in total. The minimum Gasteiger partial charge on any atom is -0.334 e. The van der Waals surface area contributed by atoms with E-state index in [1.165, 1.54) is 5.56 Å². The van der Waals surface area contributed by atoms with Gasteiger partial charge in [-0.05, 0) is 45.6 Å². The summed E-state index contributed by atoms with van der Waals surface area (Å²) < 4.78 is 5.28.